The molecule has 64 valence electrons. The van der Waals surface area contributed by atoms with Crippen LogP contribution in [0.15, 0.2) is 0 Å². The smallest absolute Gasteiger partial charge is 1.00 e. The van der Waals surface area contributed by atoms with Gasteiger partial charge in [-0.15, -0.1) is 0 Å². The maximum atomic E-state index is 9.86. The molecule has 0 aliphatic rings. The van der Waals surface area contributed by atoms with Gasteiger partial charge in [0.25, 0.3) is 0 Å². The van der Waals surface area contributed by atoms with Crippen molar-refractivity contribution < 1.29 is 135 Å². The summed E-state index contributed by atoms with van der Waals surface area (Å²) >= 11 is 0. The average Bonchev–Trinajstić information content (AvgIpc) is 1.58. The van der Waals surface area contributed by atoms with E-state index in [1.54, 1.807) is 0 Å². The third-order valence-electron chi connectivity index (χ3n) is 0.341. The van der Waals surface area contributed by atoms with Crippen LogP contribution in [0.3, 0.4) is 0 Å². The molecule has 0 spiro atoms. The first-order valence-electron chi connectivity index (χ1n) is 1.88. The summed E-state index contributed by atoms with van der Waals surface area (Å²) in [5.41, 5.74) is 0. The molecule has 0 amide bonds. The van der Waals surface area contributed by atoms with Gasteiger partial charge in [0.1, 0.15) is 0 Å². The predicted octanol–water partition coefficient (Wildman–Crippen LogP) is -5.28. The van der Waals surface area contributed by atoms with E-state index in [0.29, 0.717) is 0 Å². The number of rotatable bonds is 0. The SMILES string of the molecule is O=C(O)OC(=O)OC(=O)O.[H-].[H-].[Na+].[Na+].[Zn].[Zn]. The van der Waals surface area contributed by atoms with Crippen molar-refractivity contribution in [1.29, 1.82) is 0 Å². The standard InChI is InChI=1S/C3H2O7.2Na.2Zn.2H/c4-1(5)9-3(8)10-2(6)7;;;;;;/h(H,4,5)(H,6,7);;;;;;/q;2*+1;;;2*-1. The Morgan fingerprint density at radius 3 is 1.21 bits per heavy atom. The first-order valence-corrected chi connectivity index (χ1v) is 1.88. The summed E-state index contributed by atoms with van der Waals surface area (Å²) in [6.45, 7) is 0. The van der Waals surface area contributed by atoms with Crippen molar-refractivity contribution in [1.82, 2.24) is 0 Å². The predicted molar refractivity (Wildman–Crippen MR) is 25.8 cm³/mol. The van der Waals surface area contributed by atoms with E-state index in [1.165, 1.54) is 0 Å². The van der Waals surface area contributed by atoms with Crippen LogP contribution in [-0.2, 0) is 48.4 Å². The Morgan fingerprint density at radius 2 is 1.07 bits per heavy atom. The molecule has 7 nitrogen and oxygen atoms in total. The Bertz CT molecular complexity index is 176. The second kappa shape index (κ2) is 16.9. The molecule has 0 rings (SSSR count). The summed E-state index contributed by atoms with van der Waals surface area (Å²) in [5.74, 6) is 0. The molecule has 0 unspecified atom stereocenters. The van der Waals surface area contributed by atoms with Crippen molar-refractivity contribution in [2.75, 3.05) is 0 Å². The first-order chi connectivity index (χ1) is 4.52. The second-order valence-electron chi connectivity index (χ2n) is 0.986. The van der Waals surface area contributed by atoms with Gasteiger partial charge in [0.2, 0.25) is 0 Å². The number of hydrogen-bond donors (Lipinski definition) is 2. The van der Waals surface area contributed by atoms with Crippen molar-refractivity contribution in [3.8, 4) is 0 Å². The van der Waals surface area contributed by atoms with E-state index >= 15 is 0 Å². The number of hydrogen-bond acceptors (Lipinski definition) is 5. The Kier molecular flexibility index (Phi) is 35.6. The van der Waals surface area contributed by atoms with E-state index in [1.807, 2.05) is 0 Å². The van der Waals surface area contributed by atoms with Gasteiger partial charge in [-0.1, -0.05) is 0 Å². The van der Waals surface area contributed by atoms with Crippen LogP contribution in [0.25, 0.3) is 0 Å². The van der Waals surface area contributed by atoms with Gasteiger partial charge in [0.05, 0.1) is 0 Å². The minimum atomic E-state index is -1.92. The normalized spacial score (nSPS) is 5.71. The fraction of sp³-hybridized carbons (Fsp3) is 0. The van der Waals surface area contributed by atoms with E-state index in [4.69, 9.17) is 10.2 Å². The molecular formula is C3H4Na2O7Zn2. The quantitative estimate of drug-likeness (QED) is 0.260. The summed E-state index contributed by atoms with van der Waals surface area (Å²) < 4.78 is 6.47. The molecule has 0 aliphatic heterocycles. The van der Waals surface area contributed by atoms with Crippen molar-refractivity contribution in [3.63, 3.8) is 0 Å². The minimum absolute atomic E-state index is 0. The molecule has 0 aromatic rings. The molecule has 11 heteroatoms. The van der Waals surface area contributed by atoms with E-state index in [-0.39, 0.29) is 101 Å². The summed E-state index contributed by atoms with van der Waals surface area (Å²) in [6.07, 6.45) is -5.64. The largest absolute Gasteiger partial charge is 1.00 e. The molecule has 0 saturated carbocycles. The Balaban J connectivity index is -0.0000000270. The molecule has 0 bridgehead atoms. The van der Waals surface area contributed by atoms with Gasteiger partial charge >= 0.3 is 77.6 Å². The van der Waals surface area contributed by atoms with Crippen molar-refractivity contribution in [2.45, 2.75) is 0 Å². The molecule has 0 aliphatic carbocycles. The number of carboxylic acid groups (broad SMARTS) is 2. The van der Waals surface area contributed by atoms with Crippen molar-refractivity contribution in [3.05, 3.63) is 0 Å². The van der Waals surface area contributed by atoms with E-state index in [0.717, 1.165) is 0 Å². The van der Waals surface area contributed by atoms with E-state index in [2.05, 4.69) is 9.47 Å². The van der Waals surface area contributed by atoms with Crippen LogP contribution in [0, 0.1) is 0 Å². The zero-order valence-corrected chi connectivity index (χ0v) is 17.8. The van der Waals surface area contributed by atoms with Crippen molar-refractivity contribution in [2.24, 2.45) is 0 Å². The van der Waals surface area contributed by atoms with E-state index in [9.17, 15) is 14.4 Å². The van der Waals surface area contributed by atoms with Gasteiger partial charge in [-0.2, -0.15) is 0 Å². The average molecular weight is 329 g/mol. The van der Waals surface area contributed by atoms with Crippen LogP contribution >= 0.6 is 0 Å². The van der Waals surface area contributed by atoms with Gasteiger partial charge < -0.3 is 22.5 Å². The summed E-state index contributed by atoms with van der Waals surface area (Å²) in [7, 11) is 0. The molecule has 0 radical (unpaired) electrons. The maximum absolute atomic E-state index is 9.86. The fourth-order valence-electron chi connectivity index (χ4n) is 0.163. The van der Waals surface area contributed by atoms with Crippen LogP contribution in [-0.4, -0.2) is 28.7 Å². The van der Waals surface area contributed by atoms with Crippen LogP contribution in [0.2, 0.25) is 0 Å². The number of carbonyl (C=O) groups excluding carboxylic acids is 1. The van der Waals surface area contributed by atoms with Gasteiger partial charge in [0.15, 0.2) is 0 Å². The molecule has 0 fully saturated rings. The van der Waals surface area contributed by atoms with Gasteiger partial charge in [-0.05, 0) is 0 Å². The Labute approximate surface area is 151 Å². The van der Waals surface area contributed by atoms with Crippen LogP contribution < -0.4 is 59.1 Å². The third-order valence-corrected chi connectivity index (χ3v) is 0.341. The number of carbonyl (C=O) groups is 3. The molecule has 14 heavy (non-hydrogen) atoms. The van der Waals surface area contributed by atoms with Gasteiger partial charge in [-0.25, -0.2) is 14.4 Å². The minimum Gasteiger partial charge on any atom is -1.00 e. The summed E-state index contributed by atoms with van der Waals surface area (Å²) in [5, 5.41) is 15.4. The molecular weight excluding hydrogens is 325 g/mol. The number of ether oxygens (including phenoxy) is 2. The zero-order valence-electron chi connectivity index (χ0n) is 9.85. The van der Waals surface area contributed by atoms with E-state index < -0.39 is 18.5 Å². The van der Waals surface area contributed by atoms with Gasteiger partial charge in [0, 0.05) is 39.0 Å². The maximum Gasteiger partial charge on any atom is 1.00 e. The summed E-state index contributed by atoms with van der Waals surface area (Å²) in [6, 6.07) is 0. The monoisotopic (exact) mass is 326 g/mol. The second-order valence-corrected chi connectivity index (χ2v) is 0.986. The van der Waals surface area contributed by atoms with Gasteiger partial charge in [-0.3, -0.25) is 0 Å². The molecule has 0 atom stereocenters. The summed E-state index contributed by atoms with van der Waals surface area (Å²) in [4.78, 5) is 28.8. The fourth-order valence-corrected chi connectivity index (χ4v) is 0.163. The van der Waals surface area contributed by atoms with Crippen LogP contribution in [0.4, 0.5) is 14.4 Å². The Morgan fingerprint density at radius 1 is 0.857 bits per heavy atom. The third kappa shape index (κ3) is 23.3. The molecule has 2 N–H and O–H groups in total. The molecule has 0 aromatic carbocycles. The molecule has 0 aromatic heterocycles. The first kappa shape index (κ1) is 29.5. The molecule has 0 saturated heterocycles. The Hall–Kier alpha value is 1.46. The van der Waals surface area contributed by atoms with Crippen LogP contribution in [0.5, 0.6) is 0 Å². The van der Waals surface area contributed by atoms with Crippen LogP contribution in [0.1, 0.15) is 2.85 Å². The van der Waals surface area contributed by atoms with Crippen molar-refractivity contribution >= 4 is 18.5 Å². The zero-order chi connectivity index (χ0) is 8.15. The molecule has 0 heterocycles. The topological polar surface area (TPSA) is 110 Å².